The van der Waals surface area contributed by atoms with Crippen molar-refractivity contribution in [2.75, 3.05) is 6.54 Å². The first-order valence-electron chi connectivity index (χ1n) is 5.81. The number of para-hydroxylation sites is 1. The number of azide groups is 1. The Balaban J connectivity index is 2.20. The summed E-state index contributed by atoms with van der Waals surface area (Å²) in [5, 5.41) is 4.23. The molecule has 1 aromatic carbocycles. The molecule has 6 heteroatoms. The van der Waals surface area contributed by atoms with Gasteiger partial charge in [0.25, 0.3) is 5.56 Å². The summed E-state index contributed by atoms with van der Waals surface area (Å²) in [7, 11) is 0. The van der Waals surface area contributed by atoms with Gasteiger partial charge in [0.05, 0.1) is 10.9 Å². The summed E-state index contributed by atoms with van der Waals surface area (Å²) in [6.45, 7) is 1.01. The van der Waals surface area contributed by atoms with Gasteiger partial charge < -0.3 is 0 Å². The molecule has 0 N–H and O–H groups in total. The van der Waals surface area contributed by atoms with E-state index in [1.54, 1.807) is 10.6 Å². The van der Waals surface area contributed by atoms with Crippen molar-refractivity contribution in [2.24, 2.45) is 5.11 Å². The normalized spacial score (nSPS) is 17.4. The third kappa shape index (κ3) is 1.55. The highest BCUT2D eigenvalue weighted by atomic mass is 16.1. The first kappa shape index (κ1) is 10.8. The zero-order valence-electron chi connectivity index (χ0n) is 9.65. The lowest BCUT2D eigenvalue weighted by Crippen LogP contribution is -2.21. The van der Waals surface area contributed by atoms with E-state index in [1.807, 2.05) is 18.2 Å². The van der Waals surface area contributed by atoms with Crippen LogP contribution in [0.15, 0.2) is 34.2 Å². The van der Waals surface area contributed by atoms with Crippen molar-refractivity contribution in [2.45, 2.75) is 18.9 Å². The SMILES string of the molecule is [N-]=[N+]=NCC1CCn2c1nc1ccccc1c2=O. The Bertz CT molecular complexity index is 714. The highest BCUT2D eigenvalue weighted by Crippen LogP contribution is 2.26. The van der Waals surface area contributed by atoms with Gasteiger partial charge in [0.1, 0.15) is 5.82 Å². The highest BCUT2D eigenvalue weighted by Gasteiger charge is 2.25. The van der Waals surface area contributed by atoms with Gasteiger partial charge in [-0.05, 0) is 24.1 Å². The molecule has 6 nitrogen and oxygen atoms in total. The Kier molecular flexibility index (Phi) is 2.50. The largest absolute Gasteiger partial charge is 0.296 e. The minimum absolute atomic E-state index is 0.000891. The minimum Gasteiger partial charge on any atom is -0.296 e. The van der Waals surface area contributed by atoms with Gasteiger partial charge in [0.2, 0.25) is 0 Å². The fourth-order valence-electron chi connectivity index (χ4n) is 2.44. The molecule has 0 spiro atoms. The smallest absolute Gasteiger partial charge is 0.261 e. The Hall–Kier alpha value is -2.33. The zero-order valence-corrected chi connectivity index (χ0v) is 9.65. The summed E-state index contributed by atoms with van der Waals surface area (Å²) in [5.74, 6) is 0.796. The molecule has 90 valence electrons. The number of rotatable bonds is 2. The Morgan fingerprint density at radius 2 is 2.33 bits per heavy atom. The summed E-state index contributed by atoms with van der Waals surface area (Å²) in [6.07, 6.45) is 0.803. The first-order valence-corrected chi connectivity index (χ1v) is 5.81. The van der Waals surface area contributed by atoms with E-state index in [-0.39, 0.29) is 11.5 Å². The molecule has 1 unspecified atom stereocenters. The van der Waals surface area contributed by atoms with Crippen LogP contribution in [0.3, 0.4) is 0 Å². The third-order valence-corrected chi connectivity index (χ3v) is 3.32. The van der Waals surface area contributed by atoms with Gasteiger partial charge in [-0.3, -0.25) is 9.36 Å². The van der Waals surface area contributed by atoms with E-state index in [1.165, 1.54) is 0 Å². The van der Waals surface area contributed by atoms with E-state index >= 15 is 0 Å². The lowest BCUT2D eigenvalue weighted by Gasteiger charge is -2.08. The summed E-state index contributed by atoms with van der Waals surface area (Å²) in [4.78, 5) is 19.6. The number of fused-ring (bicyclic) bond motifs is 2. The lowest BCUT2D eigenvalue weighted by molar-refractivity contribution is 0.662. The molecular weight excluding hydrogens is 230 g/mol. The fourth-order valence-corrected chi connectivity index (χ4v) is 2.44. The number of aromatic nitrogens is 2. The third-order valence-electron chi connectivity index (χ3n) is 3.32. The summed E-state index contributed by atoms with van der Waals surface area (Å²) in [5.41, 5.74) is 9.08. The standard InChI is InChI=1S/C12H11N5O/c13-16-14-7-8-5-6-17-11(8)15-10-4-2-1-3-9(10)12(17)18/h1-4,8H,5-7H2. The molecule has 1 atom stereocenters. The molecule has 0 aliphatic carbocycles. The van der Waals surface area contributed by atoms with Crippen LogP contribution in [-0.4, -0.2) is 16.1 Å². The molecule has 2 heterocycles. The van der Waals surface area contributed by atoms with Crippen molar-refractivity contribution in [3.8, 4) is 0 Å². The Morgan fingerprint density at radius 3 is 3.17 bits per heavy atom. The van der Waals surface area contributed by atoms with E-state index < -0.39 is 0 Å². The number of nitrogens with zero attached hydrogens (tertiary/aromatic N) is 5. The summed E-state index contributed by atoms with van der Waals surface area (Å²) >= 11 is 0. The molecule has 1 aromatic heterocycles. The first-order chi connectivity index (χ1) is 8.81. The van der Waals surface area contributed by atoms with Crippen molar-refractivity contribution in [3.63, 3.8) is 0 Å². The quantitative estimate of drug-likeness (QED) is 0.458. The topological polar surface area (TPSA) is 83.7 Å². The summed E-state index contributed by atoms with van der Waals surface area (Å²) < 4.78 is 1.69. The predicted octanol–water partition coefficient (Wildman–Crippen LogP) is 2.19. The van der Waals surface area contributed by atoms with Crippen molar-refractivity contribution < 1.29 is 0 Å². The van der Waals surface area contributed by atoms with Crippen LogP contribution in [0.4, 0.5) is 0 Å². The van der Waals surface area contributed by atoms with Gasteiger partial charge in [-0.2, -0.15) is 0 Å². The van der Waals surface area contributed by atoms with Gasteiger partial charge in [0.15, 0.2) is 0 Å². The Labute approximate surface area is 103 Å². The van der Waals surface area contributed by atoms with Crippen LogP contribution >= 0.6 is 0 Å². The summed E-state index contributed by atoms with van der Waals surface area (Å²) in [6, 6.07) is 7.33. The van der Waals surface area contributed by atoms with Gasteiger partial charge in [0, 0.05) is 23.9 Å². The molecule has 0 amide bonds. The second-order valence-electron chi connectivity index (χ2n) is 4.34. The van der Waals surface area contributed by atoms with E-state index in [2.05, 4.69) is 15.0 Å². The molecule has 3 rings (SSSR count). The highest BCUT2D eigenvalue weighted by molar-refractivity contribution is 5.77. The molecule has 0 saturated carbocycles. The average molecular weight is 241 g/mol. The van der Waals surface area contributed by atoms with Gasteiger partial charge in [-0.25, -0.2) is 4.98 Å². The maximum Gasteiger partial charge on any atom is 0.261 e. The maximum atomic E-state index is 12.3. The van der Waals surface area contributed by atoms with E-state index in [4.69, 9.17) is 5.53 Å². The van der Waals surface area contributed by atoms with Crippen LogP contribution in [0.5, 0.6) is 0 Å². The molecule has 0 saturated heterocycles. The van der Waals surface area contributed by atoms with Crippen molar-refractivity contribution in [1.82, 2.24) is 9.55 Å². The van der Waals surface area contributed by atoms with E-state index in [0.29, 0.717) is 24.0 Å². The van der Waals surface area contributed by atoms with Gasteiger partial charge in [-0.15, -0.1) is 0 Å². The van der Waals surface area contributed by atoms with Gasteiger partial charge in [-0.1, -0.05) is 17.2 Å². The van der Waals surface area contributed by atoms with Crippen LogP contribution in [0.1, 0.15) is 18.2 Å². The Morgan fingerprint density at radius 1 is 1.50 bits per heavy atom. The lowest BCUT2D eigenvalue weighted by atomic mass is 10.1. The second-order valence-corrected chi connectivity index (χ2v) is 4.34. The molecule has 18 heavy (non-hydrogen) atoms. The number of benzene rings is 1. The second kappa shape index (κ2) is 4.16. The van der Waals surface area contributed by atoms with Crippen LogP contribution < -0.4 is 5.56 Å². The maximum absolute atomic E-state index is 12.3. The van der Waals surface area contributed by atoms with Crippen LogP contribution in [0.2, 0.25) is 0 Å². The molecule has 1 aliphatic rings. The van der Waals surface area contributed by atoms with Crippen LogP contribution in [-0.2, 0) is 6.54 Å². The van der Waals surface area contributed by atoms with E-state index in [9.17, 15) is 4.79 Å². The minimum atomic E-state index is -0.000891. The van der Waals surface area contributed by atoms with Crippen molar-refractivity contribution in [1.29, 1.82) is 0 Å². The van der Waals surface area contributed by atoms with Crippen LogP contribution in [0, 0.1) is 0 Å². The van der Waals surface area contributed by atoms with Crippen molar-refractivity contribution >= 4 is 10.9 Å². The predicted molar refractivity (Wildman–Crippen MR) is 67.4 cm³/mol. The number of hydrogen-bond donors (Lipinski definition) is 0. The zero-order chi connectivity index (χ0) is 12.5. The average Bonchev–Trinajstić information content (AvgIpc) is 2.80. The van der Waals surface area contributed by atoms with Crippen molar-refractivity contribution in [3.05, 3.63) is 50.9 Å². The molecule has 0 radical (unpaired) electrons. The molecule has 2 aromatic rings. The number of hydrogen-bond acceptors (Lipinski definition) is 3. The molecule has 0 fully saturated rings. The molecule has 0 bridgehead atoms. The fraction of sp³-hybridized carbons (Fsp3) is 0.333. The van der Waals surface area contributed by atoms with Gasteiger partial charge >= 0.3 is 0 Å². The molecule has 1 aliphatic heterocycles. The monoisotopic (exact) mass is 241 g/mol. The molecular formula is C12H11N5O. The van der Waals surface area contributed by atoms with Crippen LogP contribution in [0.25, 0.3) is 21.3 Å². The van der Waals surface area contributed by atoms with E-state index in [0.717, 1.165) is 12.2 Å².